The quantitative estimate of drug-likeness (QED) is 0.405. The van der Waals surface area contributed by atoms with Crippen molar-refractivity contribution >= 4 is 6.09 Å². The van der Waals surface area contributed by atoms with Crippen molar-refractivity contribution in [3.05, 3.63) is 89.5 Å². The Labute approximate surface area is 223 Å². The van der Waals surface area contributed by atoms with E-state index in [-0.39, 0.29) is 24.1 Å². The van der Waals surface area contributed by atoms with Crippen molar-refractivity contribution in [3.8, 4) is 22.9 Å². The van der Waals surface area contributed by atoms with E-state index in [2.05, 4.69) is 42.5 Å². The number of nitrogens with zero attached hydrogens (tertiary/aromatic N) is 2. The fourth-order valence-electron chi connectivity index (χ4n) is 6.71. The smallest absolute Gasteiger partial charge is 0.410 e. The van der Waals surface area contributed by atoms with Gasteiger partial charge in [0, 0.05) is 30.8 Å². The van der Waals surface area contributed by atoms with Crippen LogP contribution in [0.2, 0.25) is 0 Å². The summed E-state index contributed by atoms with van der Waals surface area (Å²) in [6.07, 6.45) is 3.80. The number of aliphatic hydroxyl groups is 1. The Bertz CT molecular complexity index is 1300. The highest BCUT2D eigenvalue weighted by atomic mass is 16.6. The maximum absolute atomic E-state index is 13.5. The van der Waals surface area contributed by atoms with Crippen molar-refractivity contribution in [1.82, 2.24) is 4.90 Å². The van der Waals surface area contributed by atoms with Crippen molar-refractivity contribution in [1.29, 1.82) is 5.26 Å². The van der Waals surface area contributed by atoms with E-state index in [1.807, 2.05) is 41.3 Å². The SMILES string of the molecule is N#CCCOc1ccc(C2(O)CC3CCCC(C2)N3C(=O)OCC2c3ccccc3-c3ccccc32)cc1. The average Bonchev–Trinajstić information content (AvgIpc) is 3.25. The predicted molar refractivity (Wildman–Crippen MR) is 144 cm³/mol. The summed E-state index contributed by atoms with van der Waals surface area (Å²) in [7, 11) is 0. The number of piperidine rings is 2. The highest BCUT2D eigenvalue weighted by Crippen LogP contribution is 2.46. The molecule has 6 nitrogen and oxygen atoms in total. The van der Waals surface area contributed by atoms with Crippen LogP contribution in [0.4, 0.5) is 4.79 Å². The largest absolute Gasteiger partial charge is 0.493 e. The van der Waals surface area contributed by atoms with E-state index in [1.165, 1.54) is 22.3 Å². The van der Waals surface area contributed by atoms with Gasteiger partial charge < -0.3 is 19.5 Å². The molecule has 2 bridgehead atoms. The van der Waals surface area contributed by atoms with Gasteiger partial charge in [-0.3, -0.25) is 0 Å². The number of hydrogen-bond acceptors (Lipinski definition) is 5. The number of amides is 1. The summed E-state index contributed by atoms with van der Waals surface area (Å²) < 4.78 is 11.6. The summed E-state index contributed by atoms with van der Waals surface area (Å²) in [4.78, 5) is 15.4. The van der Waals surface area contributed by atoms with Crippen LogP contribution in [-0.4, -0.2) is 41.4 Å². The van der Waals surface area contributed by atoms with Gasteiger partial charge in [0.15, 0.2) is 0 Å². The minimum atomic E-state index is -0.999. The lowest BCUT2D eigenvalue weighted by atomic mass is 9.72. The molecule has 2 atom stereocenters. The minimum absolute atomic E-state index is 0.0295. The molecule has 0 aromatic heterocycles. The Balaban J connectivity index is 1.15. The van der Waals surface area contributed by atoms with Gasteiger partial charge in [0.1, 0.15) is 19.0 Å². The Kier molecular flexibility index (Phi) is 6.55. The van der Waals surface area contributed by atoms with Gasteiger partial charge in [-0.05, 0) is 59.2 Å². The van der Waals surface area contributed by atoms with Crippen LogP contribution < -0.4 is 4.74 Å². The number of fused-ring (bicyclic) bond motifs is 5. The number of rotatable bonds is 6. The van der Waals surface area contributed by atoms with E-state index in [4.69, 9.17) is 14.7 Å². The summed E-state index contributed by atoms with van der Waals surface area (Å²) in [6.45, 7) is 0.652. The summed E-state index contributed by atoms with van der Waals surface area (Å²) in [5.41, 5.74) is 4.68. The van der Waals surface area contributed by atoms with Crippen LogP contribution in [0.25, 0.3) is 11.1 Å². The Morgan fingerprint density at radius 2 is 1.55 bits per heavy atom. The average molecular weight is 509 g/mol. The van der Waals surface area contributed by atoms with Gasteiger partial charge in [0.25, 0.3) is 0 Å². The topological polar surface area (TPSA) is 82.8 Å². The molecule has 2 saturated heterocycles. The zero-order valence-electron chi connectivity index (χ0n) is 21.4. The van der Waals surface area contributed by atoms with E-state index >= 15 is 0 Å². The zero-order chi connectivity index (χ0) is 26.1. The van der Waals surface area contributed by atoms with Gasteiger partial charge in [0.05, 0.1) is 18.1 Å². The second kappa shape index (κ2) is 10.2. The van der Waals surface area contributed by atoms with Crippen LogP contribution in [0.15, 0.2) is 72.8 Å². The van der Waals surface area contributed by atoms with Crippen LogP contribution in [0, 0.1) is 11.3 Å². The molecule has 2 fully saturated rings. The lowest BCUT2D eigenvalue weighted by Crippen LogP contribution is -2.59. The lowest BCUT2D eigenvalue weighted by Gasteiger charge is -2.51. The number of carbonyl (C=O) groups excluding carboxylic acids is 1. The molecule has 194 valence electrons. The fraction of sp³-hybridized carbons (Fsp3) is 0.375. The van der Waals surface area contributed by atoms with Gasteiger partial charge in [-0.2, -0.15) is 5.26 Å². The molecule has 2 unspecified atom stereocenters. The van der Waals surface area contributed by atoms with Crippen molar-refractivity contribution in [2.24, 2.45) is 0 Å². The molecule has 1 amide bonds. The van der Waals surface area contributed by atoms with E-state index in [0.29, 0.717) is 38.2 Å². The molecule has 6 rings (SSSR count). The third-order valence-electron chi connectivity index (χ3n) is 8.43. The van der Waals surface area contributed by atoms with E-state index < -0.39 is 5.60 Å². The highest BCUT2D eigenvalue weighted by Gasteiger charge is 2.48. The van der Waals surface area contributed by atoms with Gasteiger partial charge in [-0.15, -0.1) is 0 Å². The van der Waals surface area contributed by atoms with Crippen LogP contribution >= 0.6 is 0 Å². The molecule has 3 aromatic carbocycles. The van der Waals surface area contributed by atoms with Gasteiger partial charge in [0.2, 0.25) is 0 Å². The monoisotopic (exact) mass is 508 g/mol. The first-order valence-corrected chi connectivity index (χ1v) is 13.5. The maximum Gasteiger partial charge on any atom is 0.410 e. The van der Waals surface area contributed by atoms with Gasteiger partial charge in [-0.1, -0.05) is 60.7 Å². The van der Waals surface area contributed by atoms with Crippen molar-refractivity contribution in [2.75, 3.05) is 13.2 Å². The molecule has 2 aliphatic heterocycles. The molecule has 1 N–H and O–H groups in total. The molecular weight excluding hydrogens is 476 g/mol. The molecule has 0 spiro atoms. The zero-order valence-corrected chi connectivity index (χ0v) is 21.4. The Morgan fingerprint density at radius 3 is 2.16 bits per heavy atom. The molecular formula is C32H32N2O4. The maximum atomic E-state index is 13.5. The molecule has 0 saturated carbocycles. The lowest BCUT2D eigenvalue weighted by molar-refractivity contribution is -0.0891. The second-order valence-corrected chi connectivity index (χ2v) is 10.7. The van der Waals surface area contributed by atoms with Crippen molar-refractivity contribution in [2.45, 2.75) is 62.1 Å². The second-order valence-electron chi connectivity index (χ2n) is 10.7. The van der Waals surface area contributed by atoms with Crippen LogP contribution in [-0.2, 0) is 10.3 Å². The van der Waals surface area contributed by atoms with Crippen LogP contribution in [0.5, 0.6) is 5.75 Å². The predicted octanol–water partition coefficient (Wildman–Crippen LogP) is 6.13. The summed E-state index contributed by atoms with van der Waals surface area (Å²) in [5, 5.41) is 20.4. The third kappa shape index (κ3) is 4.41. The van der Waals surface area contributed by atoms with Gasteiger partial charge in [-0.25, -0.2) is 4.79 Å². The molecule has 0 radical (unpaired) electrons. The standard InChI is InChI=1S/C32H32N2O4/c33-17-6-18-37-25-15-13-22(14-16-25)32(36)19-23-7-5-8-24(20-32)34(23)31(35)38-21-30-28-11-3-1-9-26(28)27-10-2-4-12-29(27)30/h1-4,9-16,23-24,30,36H,5-8,18-21H2. The van der Waals surface area contributed by atoms with Crippen molar-refractivity contribution < 1.29 is 19.4 Å². The Hall–Kier alpha value is -3.82. The Morgan fingerprint density at radius 1 is 0.947 bits per heavy atom. The van der Waals surface area contributed by atoms with E-state index in [0.717, 1.165) is 24.8 Å². The first-order chi connectivity index (χ1) is 18.6. The molecule has 38 heavy (non-hydrogen) atoms. The van der Waals surface area contributed by atoms with E-state index in [1.54, 1.807) is 0 Å². The summed E-state index contributed by atoms with van der Waals surface area (Å²) in [5.74, 6) is 0.714. The van der Waals surface area contributed by atoms with Crippen LogP contribution in [0.1, 0.15) is 61.1 Å². The number of nitriles is 1. The summed E-state index contributed by atoms with van der Waals surface area (Å²) >= 11 is 0. The first kappa shape index (κ1) is 24.5. The van der Waals surface area contributed by atoms with Crippen LogP contribution in [0.3, 0.4) is 0 Å². The number of carbonyl (C=O) groups is 1. The fourth-order valence-corrected chi connectivity index (χ4v) is 6.71. The normalized spacial score (nSPS) is 23.7. The highest BCUT2D eigenvalue weighted by molar-refractivity contribution is 5.79. The number of hydrogen-bond donors (Lipinski definition) is 1. The molecule has 3 aromatic rings. The van der Waals surface area contributed by atoms with Gasteiger partial charge >= 0.3 is 6.09 Å². The molecule has 2 heterocycles. The molecule has 3 aliphatic rings. The number of ether oxygens (including phenoxy) is 2. The number of benzene rings is 3. The first-order valence-electron chi connectivity index (χ1n) is 13.5. The van der Waals surface area contributed by atoms with E-state index in [9.17, 15) is 9.90 Å². The molecule has 1 aliphatic carbocycles. The molecule has 6 heteroatoms. The third-order valence-corrected chi connectivity index (χ3v) is 8.43. The van der Waals surface area contributed by atoms with Crippen molar-refractivity contribution in [3.63, 3.8) is 0 Å². The summed E-state index contributed by atoms with van der Waals surface area (Å²) in [6, 6.07) is 26.2. The minimum Gasteiger partial charge on any atom is -0.493 e.